The van der Waals surface area contributed by atoms with Crippen molar-refractivity contribution in [3.63, 3.8) is 0 Å². The van der Waals surface area contributed by atoms with Gasteiger partial charge in [-0.15, -0.1) is 0 Å². The van der Waals surface area contributed by atoms with Crippen molar-refractivity contribution in [3.8, 4) is 5.75 Å². The van der Waals surface area contributed by atoms with Crippen molar-refractivity contribution < 1.29 is 18.7 Å². The molecule has 0 atom stereocenters. The summed E-state index contributed by atoms with van der Waals surface area (Å²) in [6.45, 7) is 2.47. The number of nitrogens with zero attached hydrogens (tertiary/aromatic N) is 1. The molecule has 2 rings (SSSR count). The van der Waals surface area contributed by atoms with E-state index >= 15 is 0 Å². The quantitative estimate of drug-likeness (QED) is 0.840. The second-order valence-electron chi connectivity index (χ2n) is 5.52. The highest BCUT2D eigenvalue weighted by Crippen LogP contribution is 2.13. The molecular weight excluding hydrogens is 323 g/mol. The molecule has 2 aromatic carbocycles. The van der Waals surface area contributed by atoms with Gasteiger partial charge in [0.25, 0.3) is 5.91 Å². The number of halogens is 1. The van der Waals surface area contributed by atoms with E-state index in [0.717, 1.165) is 11.3 Å². The average molecular weight is 344 g/mol. The monoisotopic (exact) mass is 344 g/mol. The Morgan fingerprint density at radius 1 is 1.12 bits per heavy atom. The van der Waals surface area contributed by atoms with E-state index < -0.39 is 11.7 Å². The molecule has 0 fully saturated rings. The molecule has 0 heterocycles. The lowest BCUT2D eigenvalue weighted by Gasteiger charge is -2.21. The molecule has 0 bridgehead atoms. The molecule has 0 unspecified atom stereocenters. The van der Waals surface area contributed by atoms with Gasteiger partial charge in [-0.2, -0.15) is 0 Å². The highest BCUT2D eigenvalue weighted by Gasteiger charge is 2.13. The van der Waals surface area contributed by atoms with Crippen LogP contribution in [0.1, 0.15) is 22.8 Å². The number of hydrogen-bond donors (Lipinski definition) is 1. The standard InChI is InChI=1S/C19H21FN2O3/c1-14(23)22(13-15-7-9-16(25-2)10-8-15)12-11-21-19(24)17-5-3-4-6-18(17)20/h3-10H,11-13H2,1-2H3,(H,21,24). The lowest BCUT2D eigenvalue weighted by molar-refractivity contribution is -0.129. The van der Waals surface area contributed by atoms with Gasteiger partial charge in [0.2, 0.25) is 5.91 Å². The number of benzene rings is 2. The third-order valence-corrected chi connectivity index (χ3v) is 3.76. The van der Waals surface area contributed by atoms with Crippen LogP contribution in [0.4, 0.5) is 4.39 Å². The number of carbonyl (C=O) groups is 2. The Hall–Kier alpha value is -2.89. The number of rotatable bonds is 7. The maximum Gasteiger partial charge on any atom is 0.254 e. The van der Waals surface area contributed by atoms with Gasteiger partial charge in [-0.3, -0.25) is 9.59 Å². The Balaban J connectivity index is 1.90. The number of carbonyl (C=O) groups excluding carboxylic acids is 2. The van der Waals surface area contributed by atoms with Crippen molar-refractivity contribution in [1.29, 1.82) is 0 Å². The summed E-state index contributed by atoms with van der Waals surface area (Å²) in [6, 6.07) is 13.2. The number of amides is 2. The van der Waals surface area contributed by atoms with Gasteiger partial charge in [0, 0.05) is 26.6 Å². The maximum absolute atomic E-state index is 13.6. The Kier molecular flexibility index (Phi) is 6.51. The van der Waals surface area contributed by atoms with E-state index in [0.29, 0.717) is 13.1 Å². The first-order valence-corrected chi connectivity index (χ1v) is 7.92. The summed E-state index contributed by atoms with van der Waals surface area (Å²) in [7, 11) is 1.59. The molecule has 0 aliphatic rings. The van der Waals surface area contributed by atoms with Crippen LogP contribution < -0.4 is 10.1 Å². The molecule has 25 heavy (non-hydrogen) atoms. The van der Waals surface area contributed by atoms with Gasteiger partial charge in [-0.05, 0) is 29.8 Å². The van der Waals surface area contributed by atoms with Crippen molar-refractivity contribution in [1.82, 2.24) is 10.2 Å². The summed E-state index contributed by atoms with van der Waals surface area (Å²) in [4.78, 5) is 25.4. The molecular formula is C19H21FN2O3. The summed E-state index contributed by atoms with van der Waals surface area (Å²) < 4.78 is 18.7. The van der Waals surface area contributed by atoms with Crippen LogP contribution in [0, 0.1) is 5.82 Å². The predicted molar refractivity (Wildman–Crippen MR) is 92.8 cm³/mol. The number of nitrogens with one attached hydrogen (secondary N) is 1. The third kappa shape index (κ3) is 5.31. The van der Waals surface area contributed by atoms with E-state index in [1.807, 2.05) is 24.3 Å². The summed E-state index contributed by atoms with van der Waals surface area (Å²) in [6.07, 6.45) is 0. The van der Waals surface area contributed by atoms with Crippen molar-refractivity contribution >= 4 is 11.8 Å². The second kappa shape index (κ2) is 8.82. The lowest BCUT2D eigenvalue weighted by Crippen LogP contribution is -2.37. The Labute approximate surface area is 146 Å². The molecule has 132 valence electrons. The molecule has 0 aliphatic heterocycles. The van der Waals surface area contributed by atoms with Crippen LogP contribution in [0.5, 0.6) is 5.75 Å². The number of ether oxygens (including phenoxy) is 1. The Morgan fingerprint density at radius 2 is 1.80 bits per heavy atom. The molecule has 0 radical (unpaired) electrons. The SMILES string of the molecule is COc1ccc(CN(CCNC(=O)c2ccccc2F)C(C)=O)cc1. The van der Waals surface area contributed by atoms with Crippen LogP contribution in [-0.4, -0.2) is 36.9 Å². The fourth-order valence-corrected chi connectivity index (χ4v) is 2.34. The van der Waals surface area contributed by atoms with Crippen LogP contribution >= 0.6 is 0 Å². The van der Waals surface area contributed by atoms with Gasteiger partial charge in [0.1, 0.15) is 11.6 Å². The van der Waals surface area contributed by atoms with E-state index in [-0.39, 0.29) is 18.0 Å². The van der Waals surface area contributed by atoms with Crippen LogP contribution in [-0.2, 0) is 11.3 Å². The molecule has 0 saturated carbocycles. The van der Waals surface area contributed by atoms with Gasteiger partial charge in [0.15, 0.2) is 0 Å². The molecule has 0 aliphatic carbocycles. The molecule has 0 saturated heterocycles. The largest absolute Gasteiger partial charge is 0.497 e. The Bertz CT molecular complexity index is 732. The smallest absolute Gasteiger partial charge is 0.254 e. The first kappa shape index (κ1) is 18.4. The highest BCUT2D eigenvalue weighted by atomic mass is 19.1. The van der Waals surface area contributed by atoms with E-state index in [9.17, 15) is 14.0 Å². The zero-order valence-corrected chi connectivity index (χ0v) is 14.3. The van der Waals surface area contributed by atoms with Crippen molar-refractivity contribution in [2.24, 2.45) is 0 Å². The molecule has 0 aromatic heterocycles. The van der Waals surface area contributed by atoms with Gasteiger partial charge in [0.05, 0.1) is 12.7 Å². The molecule has 6 heteroatoms. The summed E-state index contributed by atoms with van der Waals surface area (Å²) in [5, 5.41) is 2.64. The second-order valence-corrected chi connectivity index (χ2v) is 5.52. The predicted octanol–water partition coefficient (Wildman–Crippen LogP) is 2.61. The summed E-state index contributed by atoms with van der Waals surface area (Å²) >= 11 is 0. The average Bonchev–Trinajstić information content (AvgIpc) is 2.61. The van der Waals surface area contributed by atoms with E-state index in [2.05, 4.69) is 5.32 Å². The first-order chi connectivity index (χ1) is 12.0. The highest BCUT2D eigenvalue weighted by molar-refractivity contribution is 5.94. The van der Waals surface area contributed by atoms with Gasteiger partial charge >= 0.3 is 0 Å². The van der Waals surface area contributed by atoms with Gasteiger partial charge in [-0.1, -0.05) is 24.3 Å². The lowest BCUT2D eigenvalue weighted by atomic mass is 10.2. The molecule has 1 N–H and O–H groups in total. The molecule has 5 nitrogen and oxygen atoms in total. The minimum atomic E-state index is -0.568. The zero-order chi connectivity index (χ0) is 18.2. The first-order valence-electron chi connectivity index (χ1n) is 7.92. The Morgan fingerprint density at radius 3 is 2.40 bits per heavy atom. The molecule has 2 aromatic rings. The van der Waals surface area contributed by atoms with Crippen LogP contribution in [0.2, 0.25) is 0 Å². The van der Waals surface area contributed by atoms with Crippen molar-refractivity contribution in [2.75, 3.05) is 20.2 Å². The molecule has 0 spiro atoms. The number of hydrogen-bond acceptors (Lipinski definition) is 3. The summed E-state index contributed by atoms with van der Waals surface area (Å²) in [5.74, 6) is -0.418. The number of methoxy groups -OCH3 is 1. The fourth-order valence-electron chi connectivity index (χ4n) is 2.34. The van der Waals surface area contributed by atoms with Crippen molar-refractivity contribution in [3.05, 3.63) is 65.5 Å². The minimum absolute atomic E-state index is 0.00738. The van der Waals surface area contributed by atoms with Crippen molar-refractivity contribution in [2.45, 2.75) is 13.5 Å². The normalized spacial score (nSPS) is 10.2. The van der Waals surface area contributed by atoms with Crippen LogP contribution in [0.25, 0.3) is 0 Å². The molecule has 2 amide bonds. The third-order valence-electron chi connectivity index (χ3n) is 3.76. The van der Waals surface area contributed by atoms with Crippen LogP contribution in [0.3, 0.4) is 0 Å². The van der Waals surface area contributed by atoms with Gasteiger partial charge < -0.3 is 15.0 Å². The van der Waals surface area contributed by atoms with Crippen LogP contribution in [0.15, 0.2) is 48.5 Å². The van der Waals surface area contributed by atoms with E-state index in [1.165, 1.54) is 25.1 Å². The topological polar surface area (TPSA) is 58.6 Å². The maximum atomic E-state index is 13.6. The van der Waals surface area contributed by atoms with E-state index in [4.69, 9.17) is 4.74 Å². The van der Waals surface area contributed by atoms with E-state index in [1.54, 1.807) is 18.1 Å². The zero-order valence-electron chi connectivity index (χ0n) is 14.3. The summed E-state index contributed by atoms with van der Waals surface area (Å²) in [5.41, 5.74) is 0.948. The minimum Gasteiger partial charge on any atom is -0.497 e. The fraction of sp³-hybridized carbons (Fsp3) is 0.263. The van der Waals surface area contributed by atoms with Gasteiger partial charge in [-0.25, -0.2) is 4.39 Å².